The van der Waals surface area contributed by atoms with Crippen LogP contribution in [0.25, 0.3) is 0 Å². The minimum atomic E-state index is -0.166. The van der Waals surface area contributed by atoms with E-state index in [1.165, 1.54) is 12.1 Å². The summed E-state index contributed by atoms with van der Waals surface area (Å²) in [4.78, 5) is 4.83. The fraction of sp³-hybridized carbons (Fsp3) is 0.600. The van der Waals surface area contributed by atoms with Gasteiger partial charge in [-0.1, -0.05) is 12.1 Å². The summed E-state index contributed by atoms with van der Waals surface area (Å²) in [6.45, 7) is 8.63. The van der Waals surface area contributed by atoms with Crippen LogP contribution < -0.4 is 5.32 Å². The van der Waals surface area contributed by atoms with Crippen molar-refractivity contribution in [3.63, 3.8) is 0 Å². The second-order valence-electron chi connectivity index (χ2n) is 5.46. The minimum absolute atomic E-state index is 0.166. The van der Waals surface area contributed by atoms with Crippen molar-refractivity contribution in [1.29, 1.82) is 0 Å². The molecular formula is C15H24FN3. The molecule has 0 bridgehead atoms. The largest absolute Gasteiger partial charge is 0.314 e. The van der Waals surface area contributed by atoms with Gasteiger partial charge in [-0.2, -0.15) is 0 Å². The van der Waals surface area contributed by atoms with Crippen molar-refractivity contribution in [3.05, 3.63) is 35.6 Å². The average Bonchev–Trinajstić information content (AvgIpc) is 2.42. The Hall–Kier alpha value is -0.970. The Bertz CT molecular complexity index is 373. The zero-order valence-electron chi connectivity index (χ0n) is 11.9. The first kappa shape index (κ1) is 14.4. The van der Waals surface area contributed by atoms with E-state index in [-0.39, 0.29) is 5.82 Å². The Morgan fingerprint density at radius 1 is 1.26 bits per heavy atom. The van der Waals surface area contributed by atoms with Crippen molar-refractivity contribution in [1.82, 2.24) is 15.1 Å². The summed E-state index contributed by atoms with van der Waals surface area (Å²) in [5.41, 5.74) is 1.16. The van der Waals surface area contributed by atoms with Gasteiger partial charge < -0.3 is 10.2 Å². The van der Waals surface area contributed by atoms with Crippen LogP contribution in [0.5, 0.6) is 0 Å². The lowest BCUT2D eigenvalue weighted by Crippen LogP contribution is -2.50. The van der Waals surface area contributed by atoms with E-state index in [0.717, 1.165) is 44.8 Å². The molecule has 1 aliphatic heterocycles. The number of hydrogen-bond donors (Lipinski definition) is 1. The highest BCUT2D eigenvalue weighted by Crippen LogP contribution is 2.08. The third-order valence-electron chi connectivity index (χ3n) is 3.72. The molecule has 1 N–H and O–H groups in total. The van der Waals surface area contributed by atoms with E-state index >= 15 is 0 Å². The number of nitrogens with zero attached hydrogens (tertiary/aromatic N) is 2. The number of likely N-dealkylation sites (N-methyl/N-ethyl adjacent to an activating group) is 1. The van der Waals surface area contributed by atoms with Gasteiger partial charge in [0, 0.05) is 45.3 Å². The molecule has 0 amide bonds. The van der Waals surface area contributed by atoms with Gasteiger partial charge in [-0.15, -0.1) is 0 Å². The van der Waals surface area contributed by atoms with Crippen LogP contribution in [-0.4, -0.2) is 55.6 Å². The Morgan fingerprint density at radius 2 is 1.89 bits per heavy atom. The second-order valence-corrected chi connectivity index (χ2v) is 5.46. The van der Waals surface area contributed by atoms with Crippen LogP contribution >= 0.6 is 0 Å². The van der Waals surface area contributed by atoms with Crippen molar-refractivity contribution >= 4 is 0 Å². The van der Waals surface area contributed by atoms with Gasteiger partial charge in [0.05, 0.1) is 0 Å². The van der Waals surface area contributed by atoms with E-state index in [2.05, 4.69) is 29.1 Å². The van der Waals surface area contributed by atoms with Crippen molar-refractivity contribution < 1.29 is 4.39 Å². The van der Waals surface area contributed by atoms with Crippen molar-refractivity contribution in [2.45, 2.75) is 19.5 Å². The highest BCUT2D eigenvalue weighted by molar-refractivity contribution is 5.15. The van der Waals surface area contributed by atoms with Crippen molar-refractivity contribution in [2.75, 3.05) is 39.8 Å². The number of piperazine rings is 1. The lowest BCUT2D eigenvalue weighted by atomic mass is 10.2. The number of nitrogens with one attached hydrogen (secondary N) is 1. The summed E-state index contributed by atoms with van der Waals surface area (Å²) in [5.74, 6) is -0.166. The number of hydrogen-bond acceptors (Lipinski definition) is 3. The lowest BCUT2D eigenvalue weighted by molar-refractivity contribution is 0.144. The zero-order chi connectivity index (χ0) is 13.7. The van der Waals surface area contributed by atoms with E-state index in [1.54, 1.807) is 0 Å². The monoisotopic (exact) mass is 265 g/mol. The predicted octanol–water partition coefficient (Wildman–Crippen LogP) is 1.55. The molecule has 1 saturated heterocycles. The summed E-state index contributed by atoms with van der Waals surface area (Å²) < 4.78 is 12.9. The number of benzene rings is 1. The normalized spacial score (nSPS) is 18.7. The average molecular weight is 265 g/mol. The first-order chi connectivity index (χ1) is 9.15. The molecule has 1 aromatic carbocycles. The summed E-state index contributed by atoms with van der Waals surface area (Å²) in [6, 6.07) is 7.35. The van der Waals surface area contributed by atoms with Crippen LogP contribution in [0.4, 0.5) is 4.39 Å². The quantitative estimate of drug-likeness (QED) is 0.871. The van der Waals surface area contributed by atoms with Gasteiger partial charge in [0.1, 0.15) is 5.82 Å². The summed E-state index contributed by atoms with van der Waals surface area (Å²) in [6.07, 6.45) is 0. The number of rotatable bonds is 5. The summed E-state index contributed by atoms with van der Waals surface area (Å²) in [5, 5.41) is 3.38. The first-order valence-electron chi connectivity index (χ1n) is 7.03. The Labute approximate surface area is 115 Å². The van der Waals surface area contributed by atoms with Crippen LogP contribution in [0.2, 0.25) is 0 Å². The predicted molar refractivity (Wildman–Crippen MR) is 76.6 cm³/mol. The van der Waals surface area contributed by atoms with Gasteiger partial charge in [-0.25, -0.2) is 4.39 Å². The fourth-order valence-electron chi connectivity index (χ4n) is 2.66. The minimum Gasteiger partial charge on any atom is -0.314 e. The molecule has 1 heterocycles. The molecule has 0 radical (unpaired) electrons. The molecule has 1 unspecified atom stereocenters. The summed E-state index contributed by atoms with van der Waals surface area (Å²) in [7, 11) is 2.13. The molecule has 0 saturated carbocycles. The van der Waals surface area contributed by atoms with Crippen LogP contribution in [0.1, 0.15) is 12.5 Å². The molecule has 106 valence electrons. The van der Waals surface area contributed by atoms with Crippen LogP contribution in [0.3, 0.4) is 0 Å². The lowest BCUT2D eigenvalue weighted by Gasteiger charge is -2.35. The Kier molecular flexibility index (Phi) is 5.31. The van der Waals surface area contributed by atoms with Gasteiger partial charge in [0.2, 0.25) is 0 Å². The maximum absolute atomic E-state index is 12.9. The third kappa shape index (κ3) is 4.56. The molecule has 1 atom stereocenters. The van der Waals surface area contributed by atoms with E-state index < -0.39 is 0 Å². The molecule has 2 rings (SSSR count). The van der Waals surface area contributed by atoms with E-state index in [4.69, 9.17) is 0 Å². The fourth-order valence-corrected chi connectivity index (χ4v) is 2.66. The highest BCUT2D eigenvalue weighted by Gasteiger charge is 2.17. The van der Waals surface area contributed by atoms with Crippen LogP contribution in [-0.2, 0) is 6.54 Å². The molecule has 0 aromatic heterocycles. The summed E-state index contributed by atoms with van der Waals surface area (Å²) >= 11 is 0. The second kappa shape index (κ2) is 6.98. The molecule has 19 heavy (non-hydrogen) atoms. The van der Waals surface area contributed by atoms with Crippen LogP contribution in [0.15, 0.2) is 24.3 Å². The third-order valence-corrected chi connectivity index (χ3v) is 3.72. The number of halogens is 1. The van der Waals surface area contributed by atoms with E-state index in [9.17, 15) is 4.39 Å². The van der Waals surface area contributed by atoms with Gasteiger partial charge in [-0.3, -0.25) is 4.90 Å². The van der Waals surface area contributed by atoms with Gasteiger partial charge in [0.25, 0.3) is 0 Å². The molecule has 0 spiro atoms. The van der Waals surface area contributed by atoms with E-state index in [0.29, 0.717) is 6.04 Å². The maximum atomic E-state index is 12.9. The van der Waals surface area contributed by atoms with Crippen molar-refractivity contribution in [2.24, 2.45) is 0 Å². The standard InChI is InChI=1S/C15H24FN3/c1-13(19-9-7-17-8-10-19)11-18(2)12-14-3-5-15(16)6-4-14/h3-6,13,17H,7-12H2,1-2H3. The molecular weight excluding hydrogens is 241 g/mol. The van der Waals surface area contributed by atoms with Gasteiger partial charge in [0.15, 0.2) is 0 Å². The molecule has 1 aliphatic rings. The maximum Gasteiger partial charge on any atom is 0.123 e. The molecule has 1 aromatic rings. The molecule has 4 heteroatoms. The SMILES string of the molecule is CC(CN(C)Cc1ccc(F)cc1)N1CCNCC1. The van der Waals surface area contributed by atoms with Gasteiger partial charge in [-0.05, 0) is 31.7 Å². The topological polar surface area (TPSA) is 18.5 Å². The van der Waals surface area contributed by atoms with E-state index in [1.807, 2.05) is 12.1 Å². The van der Waals surface area contributed by atoms with Gasteiger partial charge >= 0.3 is 0 Å². The zero-order valence-corrected chi connectivity index (χ0v) is 11.9. The highest BCUT2D eigenvalue weighted by atomic mass is 19.1. The smallest absolute Gasteiger partial charge is 0.123 e. The Morgan fingerprint density at radius 3 is 2.53 bits per heavy atom. The van der Waals surface area contributed by atoms with Crippen molar-refractivity contribution in [3.8, 4) is 0 Å². The first-order valence-corrected chi connectivity index (χ1v) is 7.03. The molecule has 0 aliphatic carbocycles. The Balaban J connectivity index is 1.79. The van der Waals surface area contributed by atoms with Crippen LogP contribution in [0, 0.1) is 5.82 Å². The molecule has 3 nitrogen and oxygen atoms in total. The molecule has 1 fully saturated rings.